The van der Waals surface area contributed by atoms with Gasteiger partial charge >= 0.3 is 0 Å². The second-order valence-electron chi connectivity index (χ2n) is 4.66. The van der Waals surface area contributed by atoms with E-state index in [2.05, 4.69) is 11.9 Å². The minimum Gasteiger partial charge on any atom is -0.313 e. The van der Waals surface area contributed by atoms with Crippen molar-refractivity contribution in [1.29, 1.82) is 10.5 Å². The summed E-state index contributed by atoms with van der Waals surface area (Å²) in [6.07, 6.45) is 3.39. The highest BCUT2D eigenvalue weighted by molar-refractivity contribution is 5.96. The van der Waals surface area contributed by atoms with E-state index in [1.807, 2.05) is 24.3 Å². The van der Waals surface area contributed by atoms with Crippen LogP contribution < -0.4 is 0 Å². The summed E-state index contributed by atoms with van der Waals surface area (Å²) in [6.45, 7) is 2.11. The molecule has 1 aromatic carbocycles. The zero-order valence-electron chi connectivity index (χ0n) is 11.7. The highest BCUT2D eigenvalue weighted by Crippen LogP contribution is 2.10. The molecule has 0 amide bonds. The third-order valence-electron chi connectivity index (χ3n) is 3.18. The summed E-state index contributed by atoms with van der Waals surface area (Å²) < 4.78 is 1.40. The Kier molecular flexibility index (Phi) is 4.48. The maximum Gasteiger partial charge on any atom is 0.182 e. The molecular weight excluding hydrogens is 264 g/mol. The summed E-state index contributed by atoms with van der Waals surface area (Å²) >= 11 is 0. The number of nitrogens with zero attached hydrogens (tertiary/aromatic N) is 4. The molecule has 2 rings (SSSR count). The molecule has 0 atom stereocenters. The van der Waals surface area contributed by atoms with Crippen molar-refractivity contribution in [2.45, 2.75) is 26.3 Å². The number of ketones is 1. The number of aromatic nitrogens is 2. The van der Waals surface area contributed by atoms with E-state index in [0.717, 1.165) is 12.8 Å². The highest BCUT2D eigenvalue weighted by Gasteiger charge is 2.13. The Hall–Kier alpha value is -2.92. The fourth-order valence-corrected chi connectivity index (χ4v) is 2.09. The van der Waals surface area contributed by atoms with E-state index < -0.39 is 0 Å². The Morgan fingerprint density at radius 1 is 1.24 bits per heavy atom. The van der Waals surface area contributed by atoms with Crippen LogP contribution in [0.3, 0.4) is 0 Å². The summed E-state index contributed by atoms with van der Waals surface area (Å²) in [6, 6.07) is 11.2. The normalized spacial score (nSPS) is 9.86. The zero-order chi connectivity index (χ0) is 15.2. The Balaban J connectivity index is 2.17. The molecule has 0 fully saturated rings. The second-order valence-corrected chi connectivity index (χ2v) is 4.66. The third kappa shape index (κ3) is 3.16. The van der Waals surface area contributed by atoms with Crippen LogP contribution in [0.1, 0.15) is 40.7 Å². The molecule has 0 unspecified atom stereocenters. The number of imidazole rings is 1. The van der Waals surface area contributed by atoms with Gasteiger partial charge in [0.05, 0.1) is 12.9 Å². The number of benzene rings is 1. The molecule has 0 saturated heterocycles. The zero-order valence-corrected chi connectivity index (χ0v) is 11.7. The summed E-state index contributed by atoms with van der Waals surface area (Å²) in [5, 5.41) is 17.9. The maximum atomic E-state index is 12.2. The largest absolute Gasteiger partial charge is 0.313 e. The van der Waals surface area contributed by atoms with Gasteiger partial charge in [0.1, 0.15) is 12.1 Å². The summed E-state index contributed by atoms with van der Waals surface area (Å²) in [4.78, 5) is 16.0. The van der Waals surface area contributed by atoms with E-state index in [-0.39, 0.29) is 23.7 Å². The molecule has 5 heteroatoms. The number of carbonyl (C=O) groups is 1. The van der Waals surface area contributed by atoms with E-state index in [4.69, 9.17) is 10.5 Å². The highest BCUT2D eigenvalue weighted by atomic mass is 16.1. The Labute approximate surface area is 123 Å². The Bertz CT molecular complexity index is 729. The standard InChI is InChI=1S/C16H14N4O/c1-2-3-12-4-6-13(7-5-12)16(21)10-20-11-19-14(8-17)15(20)9-18/h4-7,11H,2-3,10H2,1H3. The van der Waals surface area contributed by atoms with Crippen LogP contribution in [0.5, 0.6) is 0 Å². The second kappa shape index (κ2) is 6.49. The average molecular weight is 278 g/mol. The quantitative estimate of drug-likeness (QED) is 0.786. The SMILES string of the molecule is CCCc1ccc(C(=O)Cn2cnc(C#N)c2C#N)cc1. The van der Waals surface area contributed by atoms with Gasteiger partial charge in [0, 0.05) is 5.56 Å². The summed E-state index contributed by atoms with van der Waals surface area (Å²) in [5.74, 6) is -0.114. The first-order valence-electron chi connectivity index (χ1n) is 6.67. The van der Waals surface area contributed by atoms with Crippen LogP contribution in [0.4, 0.5) is 0 Å². The molecule has 0 radical (unpaired) electrons. The lowest BCUT2D eigenvalue weighted by molar-refractivity contribution is 0.0972. The van der Waals surface area contributed by atoms with Crippen LogP contribution in [-0.4, -0.2) is 15.3 Å². The fraction of sp³-hybridized carbons (Fsp3) is 0.250. The molecule has 2 aromatic rings. The molecule has 0 aliphatic rings. The van der Waals surface area contributed by atoms with Gasteiger partial charge in [-0.1, -0.05) is 37.6 Å². The maximum absolute atomic E-state index is 12.2. The number of aryl methyl sites for hydroxylation is 1. The van der Waals surface area contributed by atoms with E-state index in [1.54, 1.807) is 12.1 Å². The number of hydrogen-bond donors (Lipinski definition) is 0. The molecule has 0 aliphatic carbocycles. The van der Waals surface area contributed by atoms with Crippen molar-refractivity contribution < 1.29 is 4.79 Å². The molecule has 5 nitrogen and oxygen atoms in total. The molecule has 0 saturated carbocycles. The van der Waals surface area contributed by atoms with Crippen LogP contribution in [0.2, 0.25) is 0 Å². The van der Waals surface area contributed by atoms with Crippen molar-refractivity contribution in [1.82, 2.24) is 9.55 Å². The lowest BCUT2D eigenvalue weighted by Crippen LogP contribution is -2.11. The fourth-order valence-electron chi connectivity index (χ4n) is 2.09. The van der Waals surface area contributed by atoms with Crippen molar-refractivity contribution in [3.05, 3.63) is 53.1 Å². The van der Waals surface area contributed by atoms with Gasteiger partial charge in [-0.3, -0.25) is 4.79 Å². The summed E-state index contributed by atoms with van der Waals surface area (Å²) in [7, 11) is 0. The van der Waals surface area contributed by atoms with Crippen LogP contribution in [0.25, 0.3) is 0 Å². The molecule has 1 aromatic heterocycles. The molecule has 0 N–H and O–H groups in total. The number of nitriles is 2. The van der Waals surface area contributed by atoms with E-state index in [1.165, 1.54) is 16.5 Å². The molecule has 1 heterocycles. The number of Topliss-reactive ketones (excluding diaryl/α,β-unsaturated/α-hetero) is 1. The Morgan fingerprint density at radius 2 is 1.95 bits per heavy atom. The number of rotatable bonds is 5. The molecule has 104 valence electrons. The number of hydrogen-bond acceptors (Lipinski definition) is 4. The van der Waals surface area contributed by atoms with Gasteiger partial charge in [-0.25, -0.2) is 4.98 Å². The van der Waals surface area contributed by atoms with Crippen molar-refractivity contribution in [3.8, 4) is 12.1 Å². The van der Waals surface area contributed by atoms with E-state index in [0.29, 0.717) is 5.56 Å². The first-order chi connectivity index (χ1) is 10.2. The lowest BCUT2D eigenvalue weighted by atomic mass is 10.1. The van der Waals surface area contributed by atoms with Gasteiger partial charge < -0.3 is 4.57 Å². The van der Waals surface area contributed by atoms with Gasteiger partial charge in [-0.15, -0.1) is 0 Å². The smallest absolute Gasteiger partial charge is 0.182 e. The van der Waals surface area contributed by atoms with Crippen molar-refractivity contribution in [2.75, 3.05) is 0 Å². The molecule has 0 bridgehead atoms. The van der Waals surface area contributed by atoms with Crippen LogP contribution >= 0.6 is 0 Å². The van der Waals surface area contributed by atoms with Crippen molar-refractivity contribution in [2.24, 2.45) is 0 Å². The lowest BCUT2D eigenvalue weighted by Gasteiger charge is -2.05. The topological polar surface area (TPSA) is 82.5 Å². The Morgan fingerprint density at radius 3 is 2.52 bits per heavy atom. The summed E-state index contributed by atoms with van der Waals surface area (Å²) in [5.41, 5.74) is 1.95. The minimum absolute atomic E-state index is 0.00466. The van der Waals surface area contributed by atoms with Gasteiger partial charge in [0.25, 0.3) is 0 Å². The molecule has 21 heavy (non-hydrogen) atoms. The monoisotopic (exact) mass is 278 g/mol. The minimum atomic E-state index is -0.114. The molecule has 0 spiro atoms. The van der Waals surface area contributed by atoms with Gasteiger partial charge in [-0.2, -0.15) is 10.5 Å². The predicted octanol–water partition coefficient (Wildman–Crippen LogP) is 2.46. The van der Waals surface area contributed by atoms with E-state index >= 15 is 0 Å². The van der Waals surface area contributed by atoms with Gasteiger partial charge in [0.2, 0.25) is 0 Å². The van der Waals surface area contributed by atoms with Crippen LogP contribution in [-0.2, 0) is 13.0 Å². The first kappa shape index (κ1) is 14.5. The van der Waals surface area contributed by atoms with Gasteiger partial charge in [0.15, 0.2) is 17.2 Å². The molecule has 0 aliphatic heterocycles. The molecular formula is C16H14N4O. The predicted molar refractivity (Wildman–Crippen MR) is 76.4 cm³/mol. The van der Waals surface area contributed by atoms with Crippen LogP contribution in [0.15, 0.2) is 30.6 Å². The third-order valence-corrected chi connectivity index (χ3v) is 3.18. The number of carbonyl (C=O) groups excluding carboxylic acids is 1. The van der Waals surface area contributed by atoms with Crippen LogP contribution in [0, 0.1) is 22.7 Å². The first-order valence-corrected chi connectivity index (χ1v) is 6.67. The van der Waals surface area contributed by atoms with E-state index in [9.17, 15) is 4.79 Å². The van der Waals surface area contributed by atoms with Crippen molar-refractivity contribution >= 4 is 5.78 Å². The average Bonchev–Trinajstić information content (AvgIpc) is 2.90. The van der Waals surface area contributed by atoms with Crippen molar-refractivity contribution in [3.63, 3.8) is 0 Å². The van der Waals surface area contributed by atoms with Gasteiger partial charge in [-0.05, 0) is 12.0 Å².